The summed E-state index contributed by atoms with van der Waals surface area (Å²) < 4.78 is 60.9. The van der Waals surface area contributed by atoms with E-state index in [1.54, 1.807) is 0 Å². The Kier molecular flexibility index (Phi) is 7.95. The van der Waals surface area contributed by atoms with Crippen molar-refractivity contribution in [2.75, 3.05) is 16.6 Å². The van der Waals surface area contributed by atoms with Crippen LogP contribution in [-0.2, 0) is 14.8 Å². The number of halogens is 2. The maximum Gasteiger partial charge on any atom is 0.338 e. The summed E-state index contributed by atoms with van der Waals surface area (Å²) in [6, 6.07) is 13.7. The van der Waals surface area contributed by atoms with E-state index in [0.29, 0.717) is 6.61 Å². The fourth-order valence-corrected chi connectivity index (χ4v) is 3.95. The Bertz CT molecular complexity index is 1290. The van der Waals surface area contributed by atoms with Gasteiger partial charge in [0.15, 0.2) is 0 Å². The van der Waals surface area contributed by atoms with Crippen molar-refractivity contribution in [2.45, 2.75) is 24.7 Å². The Morgan fingerprint density at radius 1 is 0.941 bits per heavy atom. The number of sulfonamides is 1. The van der Waals surface area contributed by atoms with Crippen molar-refractivity contribution in [3.63, 3.8) is 0 Å². The van der Waals surface area contributed by atoms with Gasteiger partial charge in [-0.1, -0.05) is 25.5 Å². The third kappa shape index (κ3) is 6.16. The fourth-order valence-electron chi connectivity index (χ4n) is 2.88. The molecule has 0 aromatic heterocycles. The molecule has 0 spiro atoms. The highest BCUT2D eigenvalue weighted by atomic mass is 32.2. The predicted molar refractivity (Wildman–Crippen MR) is 123 cm³/mol. The zero-order valence-electron chi connectivity index (χ0n) is 18.2. The molecule has 0 aliphatic rings. The molecule has 0 fully saturated rings. The highest BCUT2D eigenvalue weighted by Crippen LogP contribution is 2.23. The maximum absolute atomic E-state index is 14.5. The first-order chi connectivity index (χ1) is 16.2. The quantitative estimate of drug-likeness (QED) is 0.327. The van der Waals surface area contributed by atoms with Gasteiger partial charge in [0, 0.05) is 5.69 Å². The third-order valence-corrected chi connectivity index (χ3v) is 6.10. The molecule has 0 aliphatic heterocycles. The van der Waals surface area contributed by atoms with Crippen molar-refractivity contribution < 1.29 is 31.5 Å². The fraction of sp³-hybridized carbons (Fsp3) is 0.167. The van der Waals surface area contributed by atoms with E-state index in [1.165, 1.54) is 42.5 Å². The summed E-state index contributed by atoms with van der Waals surface area (Å²) in [5.41, 5.74) is -0.168. The first kappa shape index (κ1) is 24.8. The highest BCUT2D eigenvalue weighted by molar-refractivity contribution is 7.92. The summed E-state index contributed by atoms with van der Waals surface area (Å²) in [6.45, 7) is 2.27. The zero-order chi connectivity index (χ0) is 24.7. The van der Waals surface area contributed by atoms with E-state index in [9.17, 15) is 26.8 Å². The number of esters is 1. The molecule has 0 saturated heterocycles. The van der Waals surface area contributed by atoms with Gasteiger partial charge in [-0.15, -0.1) is 0 Å². The van der Waals surface area contributed by atoms with Crippen molar-refractivity contribution >= 4 is 33.3 Å². The lowest BCUT2D eigenvalue weighted by molar-refractivity contribution is 0.0499. The molecule has 34 heavy (non-hydrogen) atoms. The number of ether oxygens (including phenoxy) is 1. The number of unbranched alkanes of at least 4 members (excludes halogenated alkanes) is 1. The molecule has 0 heterocycles. The van der Waals surface area contributed by atoms with E-state index >= 15 is 0 Å². The molecule has 10 heteroatoms. The standard InChI is InChI=1S/C24H22F2N2O5S/c1-2-3-14-33-24(30)16-8-10-17(11-9-16)28-34(31,32)18-12-13-22(21(26)15-18)27-23(29)19-6-4-5-7-20(19)25/h4-13,15,28H,2-3,14H2,1H3,(H,27,29). The molecule has 0 unspecified atom stereocenters. The van der Waals surface area contributed by atoms with Crippen molar-refractivity contribution in [1.82, 2.24) is 0 Å². The van der Waals surface area contributed by atoms with Crippen LogP contribution < -0.4 is 10.0 Å². The van der Waals surface area contributed by atoms with Gasteiger partial charge in [0.2, 0.25) is 0 Å². The molecule has 1 amide bonds. The number of anilines is 2. The number of hydrogen-bond acceptors (Lipinski definition) is 5. The van der Waals surface area contributed by atoms with Crippen LogP contribution in [0.2, 0.25) is 0 Å². The second-order valence-corrected chi connectivity index (χ2v) is 8.93. The van der Waals surface area contributed by atoms with Gasteiger partial charge in [0.1, 0.15) is 11.6 Å². The van der Waals surface area contributed by atoms with Crippen LogP contribution in [0, 0.1) is 11.6 Å². The highest BCUT2D eigenvalue weighted by Gasteiger charge is 2.19. The lowest BCUT2D eigenvalue weighted by Crippen LogP contribution is -2.16. The molecule has 0 atom stereocenters. The van der Waals surface area contributed by atoms with Crippen LogP contribution in [0.25, 0.3) is 0 Å². The molecule has 3 aromatic carbocycles. The molecular formula is C24H22F2N2O5S. The minimum Gasteiger partial charge on any atom is -0.462 e. The van der Waals surface area contributed by atoms with Crippen LogP contribution in [0.1, 0.15) is 40.5 Å². The lowest BCUT2D eigenvalue weighted by atomic mass is 10.2. The number of hydrogen-bond donors (Lipinski definition) is 2. The monoisotopic (exact) mass is 488 g/mol. The molecule has 0 bridgehead atoms. The number of nitrogens with one attached hydrogen (secondary N) is 2. The molecule has 2 N–H and O–H groups in total. The second-order valence-electron chi connectivity index (χ2n) is 7.25. The smallest absolute Gasteiger partial charge is 0.338 e. The number of amides is 1. The molecule has 3 aromatic rings. The Hall–Kier alpha value is -3.79. The van der Waals surface area contributed by atoms with Gasteiger partial charge < -0.3 is 10.1 Å². The van der Waals surface area contributed by atoms with Crippen LogP contribution in [0.4, 0.5) is 20.2 Å². The van der Waals surface area contributed by atoms with Crippen LogP contribution in [-0.4, -0.2) is 26.9 Å². The summed E-state index contributed by atoms with van der Waals surface area (Å²) in [4.78, 5) is 23.7. The van der Waals surface area contributed by atoms with Gasteiger partial charge in [0.25, 0.3) is 15.9 Å². The van der Waals surface area contributed by atoms with E-state index < -0.39 is 38.4 Å². The number of rotatable bonds is 9. The van der Waals surface area contributed by atoms with E-state index in [2.05, 4.69) is 10.0 Å². The second kappa shape index (κ2) is 10.9. The van der Waals surface area contributed by atoms with Crippen LogP contribution >= 0.6 is 0 Å². The Morgan fingerprint density at radius 2 is 1.65 bits per heavy atom. The molecule has 0 saturated carbocycles. The summed E-state index contributed by atoms with van der Waals surface area (Å²) in [5.74, 6) is -3.18. The summed E-state index contributed by atoms with van der Waals surface area (Å²) in [7, 11) is -4.17. The molecule has 0 radical (unpaired) electrons. The van der Waals surface area contributed by atoms with Gasteiger partial charge in [0.05, 0.1) is 28.3 Å². The van der Waals surface area contributed by atoms with E-state index in [0.717, 1.165) is 37.1 Å². The molecule has 0 aliphatic carbocycles. The minimum atomic E-state index is -4.17. The van der Waals surface area contributed by atoms with Crippen LogP contribution in [0.5, 0.6) is 0 Å². The largest absolute Gasteiger partial charge is 0.462 e. The van der Waals surface area contributed by atoms with Crippen LogP contribution in [0.3, 0.4) is 0 Å². The normalized spacial score (nSPS) is 11.0. The SMILES string of the molecule is CCCCOC(=O)c1ccc(NS(=O)(=O)c2ccc(NC(=O)c3ccccc3F)c(F)c2)cc1. The van der Waals surface area contributed by atoms with E-state index in [-0.39, 0.29) is 22.5 Å². The lowest BCUT2D eigenvalue weighted by Gasteiger charge is -2.11. The number of carbonyl (C=O) groups is 2. The van der Waals surface area contributed by atoms with Crippen molar-refractivity contribution in [3.05, 3.63) is 89.5 Å². The Balaban J connectivity index is 1.69. The summed E-state index contributed by atoms with van der Waals surface area (Å²) >= 11 is 0. The number of benzene rings is 3. The third-order valence-electron chi connectivity index (χ3n) is 4.72. The predicted octanol–water partition coefficient (Wildman–Crippen LogP) is 4.97. The van der Waals surface area contributed by atoms with E-state index in [1.807, 2.05) is 6.92 Å². The zero-order valence-corrected chi connectivity index (χ0v) is 19.0. The van der Waals surface area contributed by atoms with Crippen LogP contribution in [0.15, 0.2) is 71.6 Å². The van der Waals surface area contributed by atoms with Gasteiger partial charge in [-0.2, -0.15) is 0 Å². The Labute approximate surface area is 195 Å². The van der Waals surface area contributed by atoms with Crippen molar-refractivity contribution in [2.24, 2.45) is 0 Å². The average molecular weight is 489 g/mol. The van der Waals surface area contributed by atoms with Gasteiger partial charge in [-0.05, 0) is 61.0 Å². The van der Waals surface area contributed by atoms with Crippen molar-refractivity contribution in [1.29, 1.82) is 0 Å². The summed E-state index contributed by atoms with van der Waals surface area (Å²) in [6.07, 6.45) is 1.62. The van der Waals surface area contributed by atoms with E-state index in [4.69, 9.17) is 4.74 Å². The molecule has 178 valence electrons. The Morgan fingerprint density at radius 3 is 2.29 bits per heavy atom. The maximum atomic E-state index is 14.5. The van der Waals surface area contributed by atoms with Gasteiger partial charge >= 0.3 is 5.97 Å². The minimum absolute atomic E-state index is 0.155. The number of carbonyl (C=O) groups excluding carboxylic acids is 2. The first-order valence-corrected chi connectivity index (χ1v) is 11.8. The van der Waals surface area contributed by atoms with Crippen molar-refractivity contribution in [3.8, 4) is 0 Å². The van der Waals surface area contributed by atoms with Gasteiger partial charge in [-0.3, -0.25) is 9.52 Å². The molecule has 3 rings (SSSR count). The molecule has 7 nitrogen and oxygen atoms in total. The van der Waals surface area contributed by atoms with Gasteiger partial charge in [-0.25, -0.2) is 22.0 Å². The average Bonchev–Trinajstić information content (AvgIpc) is 2.81. The summed E-state index contributed by atoms with van der Waals surface area (Å²) in [5, 5.41) is 2.22. The first-order valence-electron chi connectivity index (χ1n) is 10.4. The molecular weight excluding hydrogens is 466 g/mol. The topological polar surface area (TPSA) is 102 Å².